The average molecular weight is 348 g/mol. The summed E-state index contributed by atoms with van der Waals surface area (Å²) in [6, 6.07) is 6.99. The lowest BCUT2D eigenvalue weighted by molar-refractivity contribution is -0.138. The van der Waals surface area contributed by atoms with Crippen LogP contribution in [0.4, 0.5) is 0 Å². The molecular weight excluding hydrogens is 324 g/mol. The third-order valence-electron chi connectivity index (χ3n) is 3.82. The van der Waals surface area contributed by atoms with Gasteiger partial charge in [0, 0.05) is 25.2 Å². The van der Waals surface area contributed by atoms with E-state index >= 15 is 0 Å². The van der Waals surface area contributed by atoms with E-state index in [0.717, 1.165) is 0 Å². The largest absolute Gasteiger partial charge is 0.490 e. The van der Waals surface area contributed by atoms with Crippen LogP contribution in [-0.2, 0) is 9.53 Å². The Hall–Kier alpha value is -2.38. The quantitative estimate of drug-likeness (QED) is 0.709. The number of carboxylic acid groups (broad SMARTS) is 1. The summed E-state index contributed by atoms with van der Waals surface area (Å²) in [4.78, 5) is 26.8. The highest BCUT2D eigenvalue weighted by atomic mass is 16.5. The number of aliphatic carboxylic acids is 1. The molecule has 0 radical (unpaired) electrons. The number of carboxylic acids is 1. The van der Waals surface area contributed by atoms with Gasteiger partial charge in [0.15, 0.2) is 0 Å². The molecule has 1 amide bonds. The number of rotatable bonds is 8. The zero-order chi connectivity index (χ0) is 18.2. The summed E-state index contributed by atoms with van der Waals surface area (Å²) in [7, 11) is 1.72. The highest BCUT2D eigenvalue weighted by molar-refractivity contribution is 5.94. The van der Waals surface area contributed by atoms with E-state index in [-0.39, 0.29) is 18.6 Å². The molecule has 25 heavy (non-hydrogen) atoms. The molecule has 7 heteroatoms. The van der Waals surface area contributed by atoms with E-state index in [1.165, 1.54) is 0 Å². The molecule has 2 rings (SSSR count). The Bertz CT molecular complexity index is 602. The molecule has 1 aliphatic heterocycles. The van der Waals surface area contributed by atoms with Crippen molar-refractivity contribution < 1.29 is 24.2 Å². The van der Waals surface area contributed by atoms with Crippen molar-refractivity contribution >= 4 is 11.9 Å². The molecule has 1 aromatic carbocycles. The van der Waals surface area contributed by atoms with Crippen LogP contribution in [0.25, 0.3) is 0 Å². The highest BCUT2D eigenvalue weighted by Gasteiger charge is 2.26. The molecule has 1 aromatic rings. The molecule has 1 heterocycles. The maximum atomic E-state index is 12.6. The van der Waals surface area contributed by atoms with Crippen LogP contribution in [0.5, 0.6) is 5.75 Å². The van der Waals surface area contributed by atoms with Gasteiger partial charge in [0.05, 0.1) is 19.3 Å². The maximum absolute atomic E-state index is 12.6. The van der Waals surface area contributed by atoms with Gasteiger partial charge in [0.2, 0.25) is 0 Å². The van der Waals surface area contributed by atoms with Crippen molar-refractivity contribution in [3.8, 4) is 5.75 Å². The van der Waals surface area contributed by atoms with Crippen LogP contribution in [0.3, 0.4) is 0 Å². The first-order chi connectivity index (χ1) is 12.0. The van der Waals surface area contributed by atoms with Crippen molar-refractivity contribution in [2.75, 3.05) is 46.4 Å². The van der Waals surface area contributed by atoms with Crippen LogP contribution < -0.4 is 4.74 Å². The lowest BCUT2D eigenvalue weighted by Crippen LogP contribution is -2.49. The molecule has 0 aromatic heterocycles. The fourth-order valence-electron chi connectivity index (χ4n) is 2.69. The number of benzene rings is 1. The Labute approximate surface area is 147 Å². The fraction of sp³-hybridized carbons (Fsp3) is 0.444. The van der Waals surface area contributed by atoms with E-state index in [1.54, 1.807) is 47.2 Å². The minimum absolute atomic E-state index is 0.0556. The van der Waals surface area contributed by atoms with Crippen LogP contribution in [0.15, 0.2) is 36.9 Å². The van der Waals surface area contributed by atoms with Crippen molar-refractivity contribution in [1.82, 2.24) is 9.80 Å². The van der Waals surface area contributed by atoms with E-state index in [9.17, 15) is 9.59 Å². The topological polar surface area (TPSA) is 79.3 Å². The van der Waals surface area contributed by atoms with Gasteiger partial charge < -0.3 is 19.5 Å². The smallest absolute Gasteiger partial charge is 0.317 e. The zero-order valence-corrected chi connectivity index (χ0v) is 14.4. The summed E-state index contributed by atoms with van der Waals surface area (Å²) in [5, 5.41) is 8.82. The van der Waals surface area contributed by atoms with E-state index in [1.807, 2.05) is 0 Å². The van der Waals surface area contributed by atoms with Crippen molar-refractivity contribution in [3.05, 3.63) is 42.5 Å². The number of carbonyl (C=O) groups excluding carboxylic acids is 1. The lowest BCUT2D eigenvalue weighted by Gasteiger charge is -2.34. The van der Waals surface area contributed by atoms with Crippen LogP contribution in [0, 0.1) is 0 Å². The van der Waals surface area contributed by atoms with E-state index in [0.29, 0.717) is 44.2 Å². The monoisotopic (exact) mass is 348 g/mol. The van der Waals surface area contributed by atoms with E-state index in [2.05, 4.69) is 6.58 Å². The van der Waals surface area contributed by atoms with Crippen LogP contribution in [0.1, 0.15) is 10.4 Å². The van der Waals surface area contributed by atoms with Gasteiger partial charge in [0.25, 0.3) is 5.91 Å². The summed E-state index contributed by atoms with van der Waals surface area (Å²) in [6.07, 6.45) is 1.46. The number of ether oxygens (including phenoxy) is 2. The standard InChI is InChI=1S/C18H24N2O5/c1-3-9-24-15-6-4-14(5-7-15)18(23)20-8-10-25-16(12-20)11-19(2)13-17(21)22/h3-7,16H,1,8-13H2,2H3,(H,21,22). The molecule has 1 unspecified atom stereocenters. The molecule has 1 aliphatic rings. The minimum atomic E-state index is -0.884. The second kappa shape index (κ2) is 9.19. The van der Waals surface area contributed by atoms with Crippen molar-refractivity contribution in [2.45, 2.75) is 6.10 Å². The molecule has 0 bridgehead atoms. The number of likely N-dealkylation sites (N-methyl/N-ethyl adjacent to an activating group) is 1. The van der Waals surface area contributed by atoms with Crippen molar-refractivity contribution in [1.29, 1.82) is 0 Å². The molecular formula is C18H24N2O5. The molecule has 1 N–H and O–H groups in total. The van der Waals surface area contributed by atoms with E-state index in [4.69, 9.17) is 14.6 Å². The Morgan fingerprint density at radius 1 is 1.44 bits per heavy atom. The molecule has 0 spiro atoms. The second-order valence-corrected chi connectivity index (χ2v) is 5.96. The summed E-state index contributed by atoms with van der Waals surface area (Å²) < 4.78 is 11.1. The van der Waals surface area contributed by atoms with Gasteiger partial charge >= 0.3 is 5.97 Å². The predicted octanol–water partition coefficient (Wildman–Crippen LogP) is 1.11. The first kappa shape index (κ1) is 19.0. The SMILES string of the molecule is C=CCOc1ccc(C(=O)N2CCOC(CN(C)CC(=O)O)C2)cc1. The third kappa shape index (κ3) is 5.88. The van der Waals surface area contributed by atoms with Gasteiger partial charge in [-0.25, -0.2) is 0 Å². The Balaban J connectivity index is 1.92. The van der Waals surface area contributed by atoms with Gasteiger partial charge in [-0.05, 0) is 31.3 Å². The number of hydrogen-bond donors (Lipinski definition) is 1. The number of hydrogen-bond acceptors (Lipinski definition) is 5. The third-order valence-corrected chi connectivity index (χ3v) is 3.82. The van der Waals surface area contributed by atoms with Gasteiger partial charge in [-0.2, -0.15) is 0 Å². The van der Waals surface area contributed by atoms with Gasteiger partial charge in [0.1, 0.15) is 12.4 Å². The fourth-order valence-corrected chi connectivity index (χ4v) is 2.69. The zero-order valence-electron chi connectivity index (χ0n) is 14.4. The maximum Gasteiger partial charge on any atom is 0.317 e. The number of nitrogens with zero attached hydrogens (tertiary/aromatic N) is 2. The van der Waals surface area contributed by atoms with Gasteiger partial charge in [-0.15, -0.1) is 0 Å². The highest BCUT2D eigenvalue weighted by Crippen LogP contribution is 2.16. The average Bonchev–Trinajstić information content (AvgIpc) is 2.59. The molecule has 0 saturated carbocycles. The Morgan fingerprint density at radius 2 is 2.16 bits per heavy atom. The predicted molar refractivity (Wildman–Crippen MR) is 92.9 cm³/mol. The second-order valence-electron chi connectivity index (χ2n) is 5.96. The number of morpholine rings is 1. The molecule has 1 atom stereocenters. The van der Waals surface area contributed by atoms with E-state index < -0.39 is 5.97 Å². The van der Waals surface area contributed by atoms with Crippen LogP contribution >= 0.6 is 0 Å². The Morgan fingerprint density at radius 3 is 2.80 bits per heavy atom. The van der Waals surface area contributed by atoms with Crippen LogP contribution in [-0.4, -0.2) is 79.3 Å². The first-order valence-electron chi connectivity index (χ1n) is 8.14. The van der Waals surface area contributed by atoms with Gasteiger partial charge in [-0.1, -0.05) is 12.7 Å². The summed E-state index contributed by atoms with van der Waals surface area (Å²) in [6.45, 7) is 5.82. The summed E-state index contributed by atoms with van der Waals surface area (Å²) >= 11 is 0. The summed E-state index contributed by atoms with van der Waals surface area (Å²) in [5.74, 6) is -0.263. The van der Waals surface area contributed by atoms with Crippen molar-refractivity contribution in [3.63, 3.8) is 0 Å². The number of carbonyl (C=O) groups is 2. The van der Waals surface area contributed by atoms with Crippen LogP contribution in [0.2, 0.25) is 0 Å². The minimum Gasteiger partial charge on any atom is -0.490 e. The summed E-state index contributed by atoms with van der Waals surface area (Å²) in [5.41, 5.74) is 0.588. The molecule has 7 nitrogen and oxygen atoms in total. The normalized spacial score (nSPS) is 17.4. The Kier molecular flexibility index (Phi) is 6.97. The molecule has 0 aliphatic carbocycles. The molecule has 1 fully saturated rings. The number of amides is 1. The lowest BCUT2D eigenvalue weighted by atomic mass is 10.1. The first-order valence-corrected chi connectivity index (χ1v) is 8.14. The van der Waals surface area contributed by atoms with Gasteiger partial charge in [-0.3, -0.25) is 14.5 Å². The van der Waals surface area contributed by atoms with Crippen molar-refractivity contribution in [2.24, 2.45) is 0 Å². The molecule has 1 saturated heterocycles. The molecule has 136 valence electrons.